The van der Waals surface area contributed by atoms with Crippen LogP contribution in [0.5, 0.6) is 17.2 Å². The van der Waals surface area contributed by atoms with E-state index in [1.165, 1.54) is 13.2 Å². The van der Waals surface area contributed by atoms with Crippen LogP contribution < -0.4 is 19.5 Å². The number of ether oxygens (including phenoxy) is 3. The van der Waals surface area contributed by atoms with Gasteiger partial charge in [0.25, 0.3) is 5.91 Å². The molecule has 1 aromatic carbocycles. The molecule has 7 heteroatoms. The number of fused-ring (bicyclic) bond motifs is 1. The third-order valence-electron chi connectivity index (χ3n) is 4.06. The van der Waals surface area contributed by atoms with E-state index < -0.39 is 17.4 Å². The first-order valence-electron chi connectivity index (χ1n) is 7.09. The number of hydrogen-bond acceptors (Lipinski definition) is 5. The first-order valence-corrected chi connectivity index (χ1v) is 7.09. The summed E-state index contributed by atoms with van der Waals surface area (Å²) < 4.78 is 16.2. The minimum atomic E-state index is -1.16. The predicted octanol–water partition coefficient (Wildman–Crippen LogP) is 1.20. The minimum Gasteiger partial charge on any atom is -0.493 e. The molecule has 1 heterocycles. The summed E-state index contributed by atoms with van der Waals surface area (Å²) in [6.07, 6.45) is 1.67. The van der Waals surface area contributed by atoms with Crippen LogP contribution in [0.4, 0.5) is 0 Å². The predicted molar refractivity (Wildman–Crippen MR) is 75.7 cm³/mol. The van der Waals surface area contributed by atoms with Crippen molar-refractivity contribution in [3.8, 4) is 17.2 Å². The molecule has 1 aliphatic carbocycles. The van der Waals surface area contributed by atoms with Crippen molar-refractivity contribution in [2.75, 3.05) is 20.3 Å². The van der Waals surface area contributed by atoms with Crippen LogP contribution in [0.3, 0.4) is 0 Å². The van der Waals surface area contributed by atoms with Crippen molar-refractivity contribution in [2.45, 2.75) is 24.8 Å². The lowest BCUT2D eigenvalue weighted by molar-refractivity contribution is -0.148. The number of nitrogens with one attached hydrogen (secondary N) is 1. The molecule has 0 bridgehead atoms. The Balaban J connectivity index is 1.88. The molecule has 0 atom stereocenters. The van der Waals surface area contributed by atoms with Crippen molar-refractivity contribution in [3.05, 3.63) is 17.7 Å². The Bertz CT molecular complexity index is 605. The number of rotatable bonds is 4. The molecule has 0 aromatic heterocycles. The third kappa shape index (κ3) is 2.32. The summed E-state index contributed by atoms with van der Waals surface area (Å²) in [7, 11) is 1.47. The summed E-state index contributed by atoms with van der Waals surface area (Å²) in [4.78, 5) is 23.7. The van der Waals surface area contributed by atoms with Gasteiger partial charge in [0.1, 0.15) is 18.8 Å². The molecule has 7 nitrogen and oxygen atoms in total. The van der Waals surface area contributed by atoms with Crippen LogP contribution in [0.15, 0.2) is 12.1 Å². The van der Waals surface area contributed by atoms with Gasteiger partial charge in [-0.15, -0.1) is 0 Å². The van der Waals surface area contributed by atoms with E-state index in [0.717, 1.165) is 6.42 Å². The zero-order valence-corrected chi connectivity index (χ0v) is 12.2. The van der Waals surface area contributed by atoms with Gasteiger partial charge in [-0.3, -0.25) is 4.79 Å². The van der Waals surface area contributed by atoms with Crippen molar-refractivity contribution in [1.82, 2.24) is 5.32 Å². The Labute approximate surface area is 127 Å². The third-order valence-corrected chi connectivity index (χ3v) is 4.06. The fraction of sp³-hybridized carbons (Fsp3) is 0.467. The van der Waals surface area contributed by atoms with Crippen molar-refractivity contribution < 1.29 is 28.9 Å². The normalized spacial score (nSPS) is 18.0. The average Bonchev–Trinajstić information content (AvgIpc) is 2.49. The second-order valence-electron chi connectivity index (χ2n) is 5.40. The lowest BCUT2D eigenvalue weighted by Gasteiger charge is -2.38. The molecule has 1 aliphatic heterocycles. The number of carbonyl (C=O) groups is 2. The molecular weight excluding hydrogens is 290 g/mol. The van der Waals surface area contributed by atoms with E-state index in [1.54, 1.807) is 6.07 Å². The molecule has 1 fully saturated rings. The van der Waals surface area contributed by atoms with Gasteiger partial charge in [0, 0.05) is 5.56 Å². The molecule has 22 heavy (non-hydrogen) atoms. The molecule has 118 valence electrons. The second kappa shape index (κ2) is 5.40. The van der Waals surface area contributed by atoms with E-state index >= 15 is 0 Å². The highest BCUT2D eigenvalue weighted by molar-refractivity contribution is 5.99. The largest absolute Gasteiger partial charge is 0.493 e. The Morgan fingerprint density at radius 1 is 1.27 bits per heavy atom. The minimum absolute atomic E-state index is 0.286. The first-order chi connectivity index (χ1) is 10.6. The van der Waals surface area contributed by atoms with Gasteiger partial charge in [0.15, 0.2) is 11.5 Å². The van der Waals surface area contributed by atoms with Crippen LogP contribution in [-0.2, 0) is 4.79 Å². The van der Waals surface area contributed by atoms with Crippen LogP contribution in [0.2, 0.25) is 0 Å². The first kappa shape index (κ1) is 14.5. The highest BCUT2D eigenvalue weighted by atomic mass is 16.6. The molecule has 0 saturated heterocycles. The van der Waals surface area contributed by atoms with Gasteiger partial charge in [0.2, 0.25) is 5.75 Å². The van der Waals surface area contributed by atoms with Crippen molar-refractivity contribution in [3.63, 3.8) is 0 Å². The van der Waals surface area contributed by atoms with Gasteiger partial charge in [-0.1, -0.05) is 0 Å². The van der Waals surface area contributed by atoms with Crippen LogP contribution in [0.1, 0.15) is 29.6 Å². The van der Waals surface area contributed by atoms with Crippen molar-refractivity contribution >= 4 is 11.9 Å². The second-order valence-corrected chi connectivity index (χ2v) is 5.40. The number of hydrogen-bond donors (Lipinski definition) is 2. The van der Waals surface area contributed by atoms with Gasteiger partial charge >= 0.3 is 5.97 Å². The molecule has 2 aliphatic rings. The highest BCUT2D eigenvalue weighted by Gasteiger charge is 2.45. The number of benzene rings is 1. The van der Waals surface area contributed by atoms with E-state index in [4.69, 9.17) is 14.2 Å². The van der Waals surface area contributed by atoms with E-state index in [9.17, 15) is 14.7 Å². The molecule has 1 amide bonds. The molecule has 3 rings (SSSR count). The van der Waals surface area contributed by atoms with E-state index in [0.29, 0.717) is 43.3 Å². The van der Waals surface area contributed by atoms with Crippen LogP contribution in [0.25, 0.3) is 0 Å². The number of carbonyl (C=O) groups excluding carboxylic acids is 1. The molecular formula is C15H17NO6. The number of aliphatic carboxylic acids is 1. The van der Waals surface area contributed by atoms with Gasteiger partial charge < -0.3 is 24.6 Å². The zero-order valence-electron chi connectivity index (χ0n) is 12.2. The molecule has 1 saturated carbocycles. The van der Waals surface area contributed by atoms with Gasteiger partial charge in [-0.25, -0.2) is 4.79 Å². The average molecular weight is 307 g/mol. The van der Waals surface area contributed by atoms with E-state index in [-0.39, 0.29) is 5.56 Å². The quantitative estimate of drug-likeness (QED) is 0.868. The lowest BCUT2D eigenvalue weighted by Crippen LogP contribution is -2.59. The molecule has 0 unspecified atom stereocenters. The monoisotopic (exact) mass is 307 g/mol. The summed E-state index contributed by atoms with van der Waals surface area (Å²) in [6.45, 7) is 0.803. The highest BCUT2D eigenvalue weighted by Crippen LogP contribution is 2.40. The van der Waals surface area contributed by atoms with Crippen LogP contribution >= 0.6 is 0 Å². The van der Waals surface area contributed by atoms with E-state index in [2.05, 4.69) is 5.32 Å². The Morgan fingerprint density at radius 3 is 2.59 bits per heavy atom. The van der Waals surface area contributed by atoms with E-state index in [1.807, 2.05) is 0 Å². The van der Waals surface area contributed by atoms with Crippen molar-refractivity contribution in [2.24, 2.45) is 0 Å². The fourth-order valence-electron chi connectivity index (χ4n) is 2.62. The Hall–Kier alpha value is -2.44. The maximum atomic E-state index is 12.4. The summed E-state index contributed by atoms with van der Waals surface area (Å²) >= 11 is 0. The standard InChI is InChI=1S/C15H17NO6/c1-20-10-7-9(8-11-12(10)22-6-5-21-11)13(17)16-15(14(18)19)3-2-4-15/h7-8H,2-6H2,1H3,(H,16,17)(H,18,19). The number of carboxylic acid groups (broad SMARTS) is 1. The molecule has 1 aromatic rings. The summed E-state index contributed by atoms with van der Waals surface area (Å²) in [6, 6.07) is 3.07. The molecule has 0 radical (unpaired) electrons. The maximum Gasteiger partial charge on any atom is 0.329 e. The van der Waals surface area contributed by atoms with Gasteiger partial charge in [0.05, 0.1) is 7.11 Å². The van der Waals surface area contributed by atoms with Crippen LogP contribution in [-0.4, -0.2) is 42.8 Å². The maximum absolute atomic E-state index is 12.4. The smallest absolute Gasteiger partial charge is 0.329 e. The Kier molecular flexibility index (Phi) is 3.56. The molecule has 0 spiro atoms. The number of carboxylic acids is 1. The fourth-order valence-corrected chi connectivity index (χ4v) is 2.62. The SMILES string of the molecule is COc1cc(C(=O)NC2(C(=O)O)CCC2)cc2c1OCCO2. The zero-order chi connectivity index (χ0) is 15.7. The summed E-state index contributed by atoms with van der Waals surface area (Å²) in [5.41, 5.74) is -0.869. The van der Waals surface area contributed by atoms with Crippen molar-refractivity contribution in [1.29, 1.82) is 0 Å². The summed E-state index contributed by atoms with van der Waals surface area (Å²) in [5, 5.41) is 11.9. The number of amides is 1. The Morgan fingerprint density at radius 2 is 2.00 bits per heavy atom. The summed E-state index contributed by atoms with van der Waals surface area (Å²) in [5.74, 6) is -0.190. The van der Waals surface area contributed by atoms with Crippen LogP contribution in [0, 0.1) is 0 Å². The van der Waals surface area contributed by atoms with Gasteiger partial charge in [-0.05, 0) is 31.4 Å². The number of methoxy groups -OCH3 is 1. The lowest BCUT2D eigenvalue weighted by atomic mass is 9.76. The molecule has 2 N–H and O–H groups in total. The van der Waals surface area contributed by atoms with Gasteiger partial charge in [-0.2, -0.15) is 0 Å². The topological polar surface area (TPSA) is 94.1 Å².